The van der Waals surface area contributed by atoms with Crippen LogP contribution >= 0.6 is 11.6 Å². The number of halogens is 1. The minimum atomic E-state index is -0.265. The first kappa shape index (κ1) is 18.4. The summed E-state index contributed by atoms with van der Waals surface area (Å²) in [6.07, 6.45) is 2.95. The molecular weight excluding hydrogens is 362 g/mol. The van der Waals surface area contributed by atoms with Crippen molar-refractivity contribution in [1.82, 2.24) is 9.97 Å². The monoisotopic (exact) mass is 379 g/mol. The third kappa shape index (κ3) is 5.05. The second kappa shape index (κ2) is 8.33. The van der Waals surface area contributed by atoms with Gasteiger partial charge >= 0.3 is 0 Å². The van der Waals surface area contributed by atoms with Crippen LogP contribution in [-0.4, -0.2) is 15.9 Å². The zero-order chi connectivity index (χ0) is 19.2. The van der Waals surface area contributed by atoms with Gasteiger partial charge in [0.2, 0.25) is 11.9 Å². The minimum absolute atomic E-state index is 0.265. The molecule has 0 aliphatic carbocycles. The molecule has 1 amide bonds. The van der Waals surface area contributed by atoms with Gasteiger partial charge in [-0.1, -0.05) is 30.3 Å². The van der Waals surface area contributed by atoms with Crippen LogP contribution in [0.25, 0.3) is 0 Å². The number of hydrogen-bond acceptors (Lipinski definition) is 5. The van der Waals surface area contributed by atoms with Crippen molar-refractivity contribution in [3.05, 3.63) is 78.0 Å². The Kier molecular flexibility index (Phi) is 5.68. The molecule has 0 saturated carbocycles. The molecule has 0 aliphatic heterocycles. The van der Waals surface area contributed by atoms with Crippen LogP contribution in [0.2, 0.25) is 5.02 Å². The minimum Gasteiger partial charge on any atom is -0.340 e. The van der Waals surface area contributed by atoms with Crippen molar-refractivity contribution >= 4 is 46.3 Å². The van der Waals surface area contributed by atoms with Gasteiger partial charge in [-0.25, -0.2) is 4.98 Å². The summed E-state index contributed by atoms with van der Waals surface area (Å²) in [5.74, 6) is 0.835. The molecule has 0 unspecified atom stereocenters. The molecule has 136 valence electrons. The van der Waals surface area contributed by atoms with Gasteiger partial charge in [0.05, 0.1) is 0 Å². The SMILES string of the molecule is C=CC(=O)Nc1cccc(Nc2nc(Nc3cccc(Cl)c3)ncc2C)c1. The Morgan fingerprint density at radius 1 is 1.07 bits per heavy atom. The maximum atomic E-state index is 11.5. The van der Waals surface area contributed by atoms with E-state index < -0.39 is 0 Å². The maximum absolute atomic E-state index is 11.5. The number of nitrogens with zero attached hydrogens (tertiary/aromatic N) is 2. The van der Waals surface area contributed by atoms with E-state index in [2.05, 4.69) is 32.5 Å². The molecular formula is C20H18ClN5O. The first-order chi connectivity index (χ1) is 13.0. The smallest absolute Gasteiger partial charge is 0.247 e. The number of rotatable bonds is 6. The summed E-state index contributed by atoms with van der Waals surface area (Å²) >= 11 is 6.01. The predicted octanol–water partition coefficient (Wildman–Crippen LogP) is 5.05. The lowest BCUT2D eigenvalue weighted by Crippen LogP contribution is -2.07. The average molecular weight is 380 g/mol. The van der Waals surface area contributed by atoms with Crippen molar-refractivity contribution in [2.24, 2.45) is 0 Å². The molecule has 6 nitrogen and oxygen atoms in total. The summed E-state index contributed by atoms with van der Waals surface area (Å²) in [6, 6.07) is 14.7. The van der Waals surface area contributed by atoms with Crippen LogP contribution in [0.1, 0.15) is 5.56 Å². The lowest BCUT2D eigenvalue weighted by molar-refractivity contribution is -0.111. The Bertz CT molecular complexity index is 990. The average Bonchev–Trinajstić information content (AvgIpc) is 2.65. The van der Waals surface area contributed by atoms with Gasteiger partial charge in [0.1, 0.15) is 5.82 Å². The Morgan fingerprint density at radius 2 is 1.78 bits per heavy atom. The summed E-state index contributed by atoms with van der Waals surface area (Å²) in [5, 5.41) is 9.73. The number of nitrogens with one attached hydrogen (secondary N) is 3. The molecule has 3 N–H and O–H groups in total. The number of aromatic nitrogens is 2. The molecule has 3 aromatic rings. The third-order valence-corrected chi connectivity index (χ3v) is 3.87. The Morgan fingerprint density at radius 3 is 2.52 bits per heavy atom. The van der Waals surface area contributed by atoms with Crippen molar-refractivity contribution in [1.29, 1.82) is 0 Å². The second-order valence-corrected chi connectivity index (χ2v) is 6.20. The van der Waals surface area contributed by atoms with Crippen molar-refractivity contribution in [2.75, 3.05) is 16.0 Å². The second-order valence-electron chi connectivity index (χ2n) is 5.76. The third-order valence-electron chi connectivity index (χ3n) is 3.63. The van der Waals surface area contributed by atoms with E-state index in [9.17, 15) is 4.79 Å². The summed E-state index contributed by atoms with van der Waals surface area (Å²) in [7, 11) is 0. The maximum Gasteiger partial charge on any atom is 0.247 e. The fourth-order valence-electron chi connectivity index (χ4n) is 2.33. The molecule has 7 heteroatoms. The van der Waals surface area contributed by atoms with Crippen LogP contribution in [0.5, 0.6) is 0 Å². The van der Waals surface area contributed by atoms with Crippen LogP contribution < -0.4 is 16.0 Å². The Labute approximate surface area is 162 Å². The van der Waals surface area contributed by atoms with Crippen molar-refractivity contribution in [2.45, 2.75) is 6.92 Å². The van der Waals surface area contributed by atoms with Gasteiger partial charge in [0.15, 0.2) is 0 Å². The molecule has 0 aliphatic rings. The number of benzene rings is 2. The standard InChI is InChI=1S/C20H18ClN5O/c1-3-18(27)23-16-8-5-9-17(11-16)24-19-13(2)12-22-20(26-19)25-15-7-4-6-14(21)10-15/h3-12H,1H2,2H3,(H,23,27)(H2,22,24,25,26). The van der Waals surface area contributed by atoms with Gasteiger partial charge in [0, 0.05) is 33.8 Å². The van der Waals surface area contributed by atoms with Crippen molar-refractivity contribution in [3.63, 3.8) is 0 Å². The van der Waals surface area contributed by atoms with E-state index in [0.717, 1.165) is 16.9 Å². The van der Waals surface area contributed by atoms with Gasteiger partial charge in [-0.3, -0.25) is 4.79 Å². The fraction of sp³-hybridized carbons (Fsp3) is 0.0500. The molecule has 1 aromatic heterocycles. The topological polar surface area (TPSA) is 78.9 Å². The molecule has 27 heavy (non-hydrogen) atoms. The first-order valence-electron chi connectivity index (χ1n) is 8.20. The summed E-state index contributed by atoms with van der Waals surface area (Å²) in [5.41, 5.74) is 3.12. The van der Waals surface area contributed by atoms with Gasteiger partial charge in [-0.05, 0) is 49.4 Å². The van der Waals surface area contributed by atoms with Crippen molar-refractivity contribution in [3.8, 4) is 0 Å². The quantitative estimate of drug-likeness (QED) is 0.522. The zero-order valence-electron chi connectivity index (χ0n) is 14.7. The molecule has 0 radical (unpaired) electrons. The lowest BCUT2D eigenvalue weighted by Gasteiger charge is -2.12. The summed E-state index contributed by atoms with van der Waals surface area (Å²) in [6.45, 7) is 5.36. The van der Waals surface area contributed by atoms with Gasteiger partial charge < -0.3 is 16.0 Å². The van der Waals surface area contributed by atoms with Crippen LogP contribution in [0.3, 0.4) is 0 Å². The highest BCUT2D eigenvalue weighted by atomic mass is 35.5. The first-order valence-corrected chi connectivity index (χ1v) is 8.58. The van der Waals surface area contributed by atoms with Gasteiger partial charge in [0.25, 0.3) is 0 Å². The molecule has 0 atom stereocenters. The van der Waals surface area contributed by atoms with Gasteiger partial charge in [-0.2, -0.15) is 4.98 Å². The van der Waals surface area contributed by atoms with Crippen molar-refractivity contribution < 1.29 is 4.79 Å². The van der Waals surface area contributed by atoms with E-state index in [-0.39, 0.29) is 5.91 Å². The lowest BCUT2D eigenvalue weighted by atomic mass is 10.2. The molecule has 0 saturated heterocycles. The van der Waals surface area contributed by atoms with E-state index in [1.165, 1.54) is 6.08 Å². The Balaban J connectivity index is 1.79. The van der Waals surface area contributed by atoms with E-state index in [4.69, 9.17) is 11.6 Å². The van der Waals surface area contributed by atoms with E-state index in [1.807, 2.05) is 37.3 Å². The fourth-order valence-corrected chi connectivity index (χ4v) is 2.52. The molecule has 2 aromatic carbocycles. The normalized spacial score (nSPS) is 10.1. The molecule has 1 heterocycles. The number of carbonyl (C=O) groups excluding carboxylic acids is 1. The number of hydrogen-bond donors (Lipinski definition) is 3. The zero-order valence-corrected chi connectivity index (χ0v) is 15.4. The number of amides is 1. The highest BCUT2D eigenvalue weighted by molar-refractivity contribution is 6.30. The number of aryl methyl sites for hydroxylation is 1. The van der Waals surface area contributed by atoms with E-state index >= 15 is 0 Å². The van der Waals surface area contributed by atoms with E-state index in [0.29, 0.717) is 22.5 Å². The number of anilines is 5. The summed E-state index contributed by atoms with van der Waals surface area (Å²) < 4.78 is 0. The number of carbonyl (C=O) groups is 1. The van der Waals surface area contributed by atoms with Crippen LogP contribution in [-0.2, 0) is 4.79 Å². The Hall–Kier alpha value is -3.38. The molecule has 0 fully saturated rings. The highest BCUT2D eigenvalue weighted by Crippen LogP contribution is 2.23. The molecule has 0 bridgehead atoms. The molecule has 3 rings (SSSR count). The predicted molar refractivity (Wildman–Crippen MR) is 110 cm³/mol. The highest BCUT2D eigenvalue weighted by Gasteiger charge is 2.06. The van der Waals surface area contributed by atoms with Crippen LogP contribution in [0.15, 0.2) is 67.4 Å². The van der Waals surface area contributed by atoms with Gasteiger partial charge in [-0.15, -0.1) is 0 Å². The van der Waals surface area contributed by atoms with Crippen LogP contribution in [0, 0.1) is 6.92 Å². The summed E-state index contributed by atoms with van der Waals surface area (Å²) in [4.78, 5) is 20.3. The van der Waals surface area contributed by atoms with Crippen LogP contribution in [0.4, 0.5) is 28.8 Å². The molecule has 0 spiro atoms. The van der Waals surface area contributed by atoms with E-state index in [1.54, 1.807) is 24.4 Å². The largest absolute Gasteiger partial charge is 0.340 e.